The molecule has 0 amide bonds. The van der Waals surface area contributed by atoms with E-state index in [1.165, 1.54) is 18.2 Å². The van der Waals surface area contributed by atoms with Crippen LogP contribution in [0, 0.1) is 16.2 Å². The van der Waals surface area contributed by atoms with Gasteiger partial charge in [-0.3, -0.25) is 19.2 Å². The highest BCUT2D eigenvalue weighted by molar-refractivity contribution is 7.86. The van der Waals surface area contributed by atoms with Gasteiger partial charge < -0.3 is 0 Å². The molecule has 2 rings (SSSR count). The van der Waals surface area contributed by atoms with Crippen molar-refractivity contribution >= 4 is 38.1 Å². The fourth-order valence-corrected chi connectivity index (χ4v) is 3.32. The molecule has 2 aromatic rings. The van der Waals surface area contributed by atoms with Gasteiger partial charge in [-0.2, -0.15) is 16.8 Å². The van der Waals surface area contributed by atoms with E-state index in [-0.39, 0.29) is 11.1 Å². The van der Waals surface area contributed by atoms with E-state index in [0.717, 1.165) is 24.3 Å². The Morgan fingerprint density at radius 3 is 2.04 bits per heavy atom. The molecule has 0 fully saturated rings. The van der Waals surface area contributed by atoms with Crippen LogP contribution < -0.4 is 0 Å². The van der Waals surface area contributed by atoms with Gasteiger partial charge in [-0.1, -0.05) is 24.3 Å². The number of rotatable bonds is 5. The Morgan fingerprint density at radius 2 is 1.52 bits per heavy atom. The zero-order valence-corrected chi connectivity index (χ0v) is 13.9. The van der Waals surface area contributed by atoms with Crippen molar-refractivity contribution in [3.05, 3.63) is 63.7 Å². The number of hydrogen-bond acceptors (Lipinski definition) is 6. The normalized spacial score (nSPS) is 12.4. The van der Waals surface area contributed by atoms with E-state index >= 15 is 0 Å². The van der Waals surface area contributed by atoms with Gasteiger partial charge in [0.2, 0.25) is 0 Å². The van der Waals surface area contributed by atoms with Crippen LogP contribution in [0.25, 0.3) is 12.2 Å². The SMILES string of the molecule is O=[N+]([O-])c1ccc(C=Cc2cc[c]cc2S(=O)(=O)O)c(S(=O)(=O)O)c1. The summed E-state index contributed by atoms with van der Waals surface area (Å²) in [6.45, 7) is 0. The van der Waals surface area contributed by atoms with Crippen molar-refractivity contribution in [1.82, 2.24) is 0 Å². The summed E-state index contributed by atoms with van der Waals surface area (Å²) in [5, 5.41) is 10.7. The standard InChI is InChI=1S/C14H10NO8S2/c16-15(17)12-8-7-11(14(9-12)25(21,22)23)6-5-10-3-1-2-4-13(10)24(18,19)20/h1,3-9H,(H,18,19,20)(H,21,22,23). The van der Waals surface area contributed by atoms with E-state index < -0.39 is 40.6 Å². The molecule has 0 spiro atoms. The largest absolute Gasteiger partial charge is 0.295 e. The first-order valence-corrected chi connectivity index (χ1v) is 9.30. The Balaban J connectivity index is 2.59. The lowest BCUT2D eigenvalue weighted by Gasteiger charge is -2.04. The predicted octanol–water partition coefficient (Wildman–Crippen LogP) is 2.06. The number of benzene rings is 2. The molecule has 0 aliphatic rings. The van der Waals surface area contributed by atoms with E-state index in [4.69, 9.17) is 4.55 Å². The molecule has 0 aliphatic heterocycles. The third kappa shape index (κ3) is 4.48. The maximum atomic E-state index is 11.4. The van der Waals surface area contributed by atoms with Gasteiger partial charge in [0.15, 0.2) is 0 Å². The quantitative estimate of drug-likeness (QED) is 0.344. The summed E-state index contributed by atoms with van der Waals surface area (Å²) in [7, 11) is -9.30. The number of nitro benzene ring substituents is 1. The smallest absolute Gasteiger partial charge is 0.282 e. The van der Waals surface area contributed by atoms with E-state index in [9.17, 15) is 31.5 Å². The zero-order chi connectivity index (χ0) is 18.8. The Kier molecular flexibility index (Phi) is 5.04. The molecule has 2 aromatic carbocycles. The summed E-state index contributed by atoms with van der Waals surface area (Å²) >= 11 is 0. The first-order valence-electron chi connectivity index (χ1n) is 6.42. The van der Waals surface area contributed by atoms with Crippen LogP contribution in [-0.4, -0.2) is 30.9 Å². The van der Waals surface area contributed by atoms with Crippen molar-refractivity contribution in [2.75, 3.05) is 0 Å². The van der Waals surface area contributed by atoms with Crippen molar-refractivity contribution in [2.45, 2.75) is 9.79 Å². The summed E-state index contributed by atoms with van der Waals surface area (Å²) in [6.07, 6.45) is 2.31. The van der Waals surface area contributed by atoms with Crippen molar-refractivity contribution in [2.24, 2.45) is 0 Å². The second-order valence-corrected chi connectivity index (χ2v) is 7.51. The van der Waals surface area contributed by atoms with Gasteiger partial charge in [-0.15, -0.1) is 0 Å². The molecule has 11 heteroatoms. The number of nitrogens with zero attached hydrogens (tertiary/aromatic N) is 1. The minimum Gasteiger partial charge on any atom is -0.282 e. The number of hydrogen-bond donors (Lipinski definition) is 2. The van der Waals surface area contributed by atoms with Gasteiger partial charge in [0.1, 0.15) is 9.79 Å². The van der Waals surface area contributed by atoms with Crippen LogP contribution in [0.1, 0.15) is 11.1 Å². The summed E-state index contributed by atoms with van der Waals surface area (Å²) in [4.78, 5) is 8.74. The first-order chi connectivity index (χ1) is 11.5. The topological polar surface area (TPSA) is 152 Å². The van der Waals surface area contributed by atoms with Gasteiger partial charge in [-0.25, -0.2) is 0 Å². The minimum atomic E-state index is -4.76. The van der Waals surface area contributed by atoms with Crippen LogP contribution in [0.15, 0.2) is 46.2 Å². The van der Waals surface area contributed by atoms with Crippen LogP contribution in [0.5, 0.6) is 0 Å². The van der Waals surface area contributed by atoms with Gasteiger partial charge in [0.05, 0.1) is 4.92 Å². The molecule has 9 nitrogen and oxygen atoms in total. The lowest BCUT2D eigenvalue weighted by atomic mass is 10.1. The minimum absolute atomic E-state index is 0.0286. The fraction of sp³-hybridized carbons (Fsp3) is 0. The second kappa shape index (κ2) is 6.72. The van der Waals surface area contributed by atoms with Crippen LogP contribution in [0.4, 0.5) is 5.69 Å². The maximum Gasteiger partial charge on any atom is 0.295 e. The Morgan fingerprint density at radius 1 is 0.960 bits per heavy atom. The highest BCUT2D eigenvalue weighted by Gasteiger charge is 2.19. The molecule has 0 aliphatic carbocycles. The first kappa shape index (κ1) is 18.7. The zero-order valence-electron chi connectivity index (χ0n) is 12.2. The molecule has 0 unspecified atom stereocenters. The van der Waals surface area contributed by atoms with E-state index in [0.29, 0.717) is 6.07 Å². The molecule has 0 heterocycles. The summed E-state index contributed by atoms with van der Waals surface area (Å²) in [5.74, 6) is 0. The number of non-ortho nitro benzene ring substituents is 1. The second-order valence-electron chi connectivity index (χ2n) is 4.73. The van der Waals surface area contributed by atoms with Crippen molar-refractivity contribution in [1.29, 1.82) is 0 Å². The molecule has 0 saturated carbocycles. The third-order valence-electron chi connectivity index (χ3n) is 3.06. The lowest BCUT2D eigenvalue weighted by Crippen LogP contribution is -2.02. The molecule has 0 aromatic heterocycles. The Bertz CT molecular complexity index is 1070. The van der Waals surface area contributed by atoms with E-state index in [1.54, 1.807) is 0 Å². The molecule has 131 valence electrons. The lowest BCUT2D eigenvalue weighted by molar-refractivity contribution is -0.385. The molecule has 25 heavy (non-hydrogen) atoms. The van der Waals surface area contributed by atoms with Crippen LogP contribution >= 0.6 is 0 Å². The summed E-state index contributed by atoms with van der Waals surface area (Å²) < 4.78 is 63.8. The van der Waals surface area contributed by atoms with E-state index in [1.807, 2.05) is 0 Å². The molecule has 0 atom stereocenters. The predicted molar refractivity (Wildman–Crippen MR) is 86.9 cm³/mol. The molecule has 0 saturated heterocycles. The van der Waals surface area contributed by atoms with Gasteiger partial charge in [0, 0.05) is 12.1 Å². The molecular formula is C14H10NO8S2. The molecular weight excluding hydrogens is 374 g/mol. The van der Waals surface area contributed by atoms with Gasteiger partial charge in [0.25, 0.3) is 25.9 Å². The molecule has 1 radical (unpaired) electrons. The highest BCUT2D eigenvalue weighted by atomic mass is 32.2. The summed E-state index contributed by atoms with van der Waals surface area (Å²) in [6, 6.07) is 8.96. The highest BCUT2D eigenvalue weighted by Crippen LogP contribution is 2.25. The van der Waals surface area contributed by atoms with Crippen molar-refractivity contribution < 1.29 is 30.9 Å². The van der Waals surface area contributed by atoms with Crippen LogP contribution in [0.2, 0.25) is 0 Å². The van der Waals surface area contributed by atoms with Crippen molar-refractivity contribution in [3.8, 4) is 0 Å². The van der Waals surface area contributed by atoms with E-state index in [2.05, 4.69) is 6.07 Å². The van der Waals surface area contributed by atoms with Gasteiger partial charge >= 0.3 is 0 Å². The average molecular weight is 384 g/mol. The van der Waals surface area contributed by atoms with Crippen molar-refractivity contribution in [3.63, 3.8) is 0 Å². The van der Waals surface area contributed by atoms with Gasteiger partial charge in [-0.05, 0) is 29.3 Å². The maximum absolute atomic E-state index is 11.4. The van der Waals surface area contributed by atoms with Crippen LogP contribution in [0.3, 0.4) is 0 Å². The Hall–Kier alpha value is -2.60. The van der Waals surface area contributed by atoms with Crippen LogP contribution in [-0.2, 0) is 20.2 Å². The monoisotopic (exact) mass is 384 g/mol. The molecule has 0 bridgehead atoms. The number of nitro groups is 1. The fourth-order valence-electron chi connectivity index (χ4n) is 1.97. The molecule has 2 N–H and O–H groups in total. The third-order valence-corrected chi connectivity index (χ3v) is 4.88. The Labute approximate surface area is 142 Å². The average Bonchev–Trinajstić information content (AvgIpc) is 2.51. The summed E-state index contributed by atoms with van der Waals surface area (Å²) in [5.41, 5.74) is -0.624.